The summed E-state index contributed by atoms with van der Waals surface area (Å²) in [5, 5.41) is 4.22. The van der Waals surface area contributed by atoms with E-state index >= 15 is 0 Å². The molecule has 0 atom stereocenters. The molecule has 3 nitrogen and oxygen atoms in total. The Kier molecular flexibility index (Phi) is 7.59. The van der Waals surface area contributed by atoms with E-state index in [0.29, 0.717) is 6.04 Å². The molecule has 1 saturated carbocycles. The summed E-state index contributed by atoms with van der Waals surface area (Å²) in [5.74, 6) is 0.891. The molecule has 106 valence electrons. The van der Waals surface area contributed by atoms with Crippen LogP contribution in [0.1, 0.15) is 46.0 Å². The Hall–Kier alpha value is -0.350. The molecule has 0 heterocycles. The maximum absolute atomic E-state index is 5.44. The van der Waals surface area contributed by atoms with Crippen molar-refractivity contribution in [3.8, 4) is 0 Å². The maximum Gasteiger partial charge on any atom is 0.168 e. The van der Waals surface area contributed by atoms with Crippen molar-refractivity contribution >= 4 is 17.3 Å². The van der Waals surface area contributed by atoms with Crippen LogP contribution in [0.3, 0.4) is 0 Å². The molecule has 1 fully saturated rings. The zero-order valence-electron chi connectivity index (χ0n) is 12.1. The first-order valence-corrected chi connectivity index (χ1v) is 7.64. The van der Waals surface area contributed by atoms with Crippen molar-refractivity contribution in [3.63, 3.8) is 0 Å². The van der Waals surface area contributed by atoms with Crippen molar-refractivity contribution in [1.29, 1.82) is 0 Å². The van der Waals surface area contributed by atoms with Gasteiger partial charge in [0.2, 0.25) is 0 Å². The molecular weight excluding hydrogens is 244 g/mol. The Morgan fingerprint density at radius 3 is 2.61 bits per heavy atom. The minimum Gasteiger partial charge on any atom is -0.382 e. The summed E-state index contributed by atoms with van der Waals surface area (Å²) in [6.07, 6.45) is 6.24. The van der Waals surface area contributed by atoms with Gasteiger partial charge in [-0.1, -0.05) is 6.92 Å². The van der Waals surface area contributed by atoms with Gasteiger partial charge in [0.25, 0.3) is 0 Å². The quantitative estimate of drug-likeness (QED) is 0.593. The number of ether oxygens (including phenoxy) is 1. The van der Waals surface area contributed by atoms with Gasteiger partial charge in [0, 0.05) is 32.8 Å². The van der Waals surface area contributed by atoms with Crippen molar-refractivity contribution in [3.05, 3.63) is 0 Å². The molecule has 1 rings (SSSR count). The van der Waals surface area contributed by atoms with Crippen LogP contribution in [0.4, 0.5) is 0 Å². The molecule has 0 aromatic heterocycles. The monoisotopic (exact) mass is 272 g/mol. The lowest BCUT2D eigenvalue weighted by Crippen LogP contribution is -2.45. The first-order valence-electron chi connectivity index (χ1n) is 7.23. The maximum atomic E-state index is 5.44. The fourth-order valence-corrected chi connectivity index (χ4v) is 2.69. The molecule has 1 aliphatic carbocycles. The van der Waals surface area contributed by atoms with Gasteiger partial charge in [-0.3, -0.25) is 0 Å². The van der Waals surface area contributed by atoms with Crippen LogP contribution in [0.5, 0.6) is 0 Å². The topological polar surface area (TPSA) is 24.5 Å². The molecule has 0 aromatic carbocycles. The summed E-state index contributed by atoms with van der Waals surface area (Å²) in [7, 11) is 2.12. The molecule has 0 radical (unpaired) electrons. The lowest BCUT2D eigenvalue weighted by molar-refractivity contribution is 0.145. The van der Waals surface area contributed by atoms with E-state index in [4.69, 9.17) is 17.0 Å². The molecule has 1 N–H and O–H groups in total. The largest absolute Gasteiger partial charge is 0.382 e. The van der Waals surface area contributed by atoms with Crippen LogP contribution < -0.4 is 5.32 Å². The molecule has 0 aliphatic heterocycles. The average Bonchev–Trinajstić information content (AvgIpc) is 2.38. The number of hydrogen-bond donors (Lipinski definition) is 1. The normalized spacial score (nSPS) is 23.7. The van der Waals surface area contributed by atoms with E-state index in [-0.39, 0.29) is 0 Å². The van der Waals surface area contributed by atoms with Gasteiger partial charge in [-0.05, 0) is 57.2 Å². The van der Waals surface area contributed by atoms with Crippen molar-refractivity contribution in [2.75, 3.05) is 26.8 Å². The third-order valence-corrected chi connectivity index (χ3v) is 4.23. The molecule has 18 heavy (non-hydrogen) atoms. The highest BCUT2D eigenvalue weighted by Crippen LogP contribution is 2.26. The first-order chi connectivity index (χ1) is 8.65. The molecule has 0 unspecified atom stereocenters. The van der Waals surface area contributed by atoms with E-state index in [9.17, 15) is 0 Å². The van der Waals surface area contributed by atoms with E-state index in [1.165, 1.54) is 25.7 Å². The third-order valence-electron chi connectivity index (χ3n) is 3.80. The summed E-state index contributed by atoms with van der Waals surface area (Å²) in [6, 6.07) is 0.632. The van der Waals surface area contributed by atoms with Crippen LogP contribution in [0.25, 0.3) is 0 Å². The molecule has 1 aliphatic rings. The second-order valence-electron chi connectivity index (χ2n) is 5.31. The Balaban J connectivity index is 2.16. The Bertz CT molecular complexity index is 240. The smallest absolute Gasteiger partial charge is 0.168 e. The van der Waals surface area contributed by atoms with E-state index in [1.54, 1.807) is 0 Å². The number of rotatable bonds is 6. The molecule has 0 amide bonds. The van der Waals surface area contributed by atoms with Gasteiger partial charge < -0.3 is 15.0 Å². The van der Waals surface area contributed by atoms with Crippen molar-refractivity contribution in [1.82, 2.24) is 10.2 Å². The van der Waals surface area contributed by atoms with Crippen LogP contribution in [-0.4, -0.2) is 42.9 Å². The molecular formula is C14H28N2OS. The third kappa shape index (κ3) is 5.53. The van der Waals surface area contributed by atoms with Crippen LogP contribution in [0.2, 0.25) is 0 Å². The molecule has 0 saturated heterocycles. The van der Waals surface area contributed by atoms with Crippen molar-refractivity contribution in [2.24, 2.45) is 5.92 Å². The van der Waals surface area contributed by atoms with E-state index in [1.807, 2.05) is 6.92 Å². The van der Waals surface area contributed by atoms with Crippen LogP contribution in [0.15, 0.2) is 0 Å². The number of thiocarbonyl (C=S) groups is 1. The second-order valence-corrected chi connectivity index (χ2v) is 5.69. The Morgan fingerprint density at radius 2 is 2.00 bits per heavy atom. The summed E-state index contributed by atoms with van der Waals surface area (Å²) in [5.41, 5.74) is 0. The Morgan fingerprint density at radius 1 is 1.33 bits per heavy atom. The number of nitrogens with zero attached hydrogens (tertiary/aromatic N) is 1. The lowest BCUT2D eigenvalue weighted by Gasteiger charge is -2.35. The van der Waals surface area contributed by atoms with Gasteiger partial charge in [-0.15, -0.1) is 0 Å². The minimum atomic E-state index is 0.632. The molecule has 4 heteroatoms. The van der Waals surface area contributed by atoms with Gasteiger partial charge in [0.05, 0.1) is 0 Å². The van der Waals surface area contributed by atoms with Crippen molar-refractivity contribution < 1.29 is 4.74 Å². The highest BCUT2D eigenvalue weighted by atomic mass is 32.1. The van der Waals surface area contributed by atoms with E-state index < -0.39 is 0 Å². The summed E-state index contributed by atoms with van der Waals surface area (Å²) in [6.45, 7) is 6.89. The van der Waals surface area contributed by atoms with Gasteiger partial charge >= 0.3 is 0 Å². The first kappa shape index (κ1) is 15.7. The highest BCUT2D eigenvalue weighted by molar-refractivity contribution is 7.80. The number of nitrogens with one attached hydrogen (secondary N) is 1. The van der Waals surface area contributed by atoms with Gasteiger partial charge in [-0.2, -0.15) is 0 Å². The van der Waals surface area contributed by atoms with E-state index in [0.717, 1.165) is 37.2 Å². The molecule has 0 spiro atoms. The SMILES string of the molecule is CCOCCCNC(=S)N(C)C1CCC(C)CC1. The van der Waals surface area contributed by atoms with E-state index in [2.05, 4.69) is 24.2 Å². The second kappa shape index (κ2) is 8.70. The minimum absolute atomic E-state index is 0.632. The van der Waals surface area contributed by atoms with Gasteiger partial charge in [0.1, 0.15) is 0 Å². The fraction of sp³-hybridized carbons (Fsp3) is 0.929. The van der Waals surface area contributed by atoms with Crippen molar-refractivity contribution in [2.45, 2.75) is 52.0 Å². The Labute approximate surface area is 117 Å². The predicted octanol–water partition coefficient (Wildman–Crippen LogP) is 2.80. The van der Waals surface area contributed by atoms with Crippen LogP contribution in [-0.2, 0) is 4.74 Å². The highest BCUT2D eigenvalue weighted by Gasteiger charge is 2.22. The average molecular weight is 272 g/mol. The zero-order valence-corrected chi connectivity index (χ0v) is 12.9. The summed E-state index contributed by atoms with van der Waals surface area (Å²) in [4.78, 5) is 2.25. The number of hydrogen-bond acceptors (Lipinski definition) is 2. The fourth-order valence-electron chi connectivity index (χ4n) is 2.43. The molecule has 0 aromatic rings. The zero-order chi connectivity index (χ0) is 13.4. The van der Waals surface area contributed by atoms with Gasteiger partial charge in [0.15, 0.2) is 5.11 Å². The van der Waals surface area contributed by atoms with Crippen LogP contribution in [0, 0.1) is 5.92 Å². The molecule has 0 bridgehead atoms. The summed E-state index contributed by atoms with van der Waals surface area (Å²) >= 11 is 5.44. The lowest BCUT2D eigenvalue weighted by atomic mass is 9.87. The standard InChI is InChI=1S/C14H28N2OS/c1-4-17-11-5-10-15-14(18)16(3)13-8-6-12(2)7-9-13/h12-13H,4-11H2,1-3H3,(H,15,18). The van der Waals surface area contributed by atoms with Crippen LogP contribution >= 0.6 is 12.2 Å². The predicted molar refractivity (Wildman–Crippen MR) is 80.9 cm³/mol. The summed E-state index contributed by atoms with van der Waals surface area (Å²) < 4.78 is 5.31. The van der Waals surface area contributed by atoms with Gasteiger partial charge in [-0.25, -0.2) is 0 Å².